The lowest BCUT2D eigenvalue weighted by Gasteiger charge is -2.18. The van der Waals surface area contributed by atoms with Crippen molar-refractivity contribution in [1.82, 2.24) is 0 Å². The summed E-state index contributed by atoms with van der Waals surface area (Å²) in [5.74, 6) is -1.12. The summed E-state index contributed by atoms with van der Waals surface area (Å²) in [5, 5.41) is 17.8. The topological polar surface area (TPSA) is 77.8 Å². The van der Waals surface area contributed by atoms with E-state index in [1.54, 1.807) is 24.3 Å². The van der Waals surface area contributed by atoms with Gasteiger partial charge < -0.3 is 10.2 Å². The Labute approximate surface area is 85.6 Å². The van der Waals surface area contributed by atoms with Crippen LogP contribution in [0.4, 0.5) is 10.5 Å². The average molecular weight is 207 g/mol. The van der Waals surface area contributed by atoms with Crippen LogP contribution in [0, 0.1) is 0 Å². The number of benzene rings is 1. The van der Waals surface area contributed by atoms with Crippen LogP contribution in [-0.2, 0) is 11.2 Å². The van der Waals surface area contributed by atoms with E-state index in [0.29, 0.717) is 5.69 Å². The zero-order valence-electron chi connectivity index (χ0n) is 7.75. The van der Waals surface area contributed by atoms with Crippen molar-refractivity contribution in [3.63, 3.8) is 0 Å². The van der Waals surface area contributed by atoms with Gasteiger partial charge in [0.2, 0.25) is 0 Å². The quantitative estimate of drug-likeness (QED) is 0.724. The summed E-state index contributed by atoms with van der Waals surface area (Å²) in [6.07, 6.45) is -0.995. The Morgan fingerprint density at radius 1 is 1.27 bits per heavy atom. The summed E-state index contributed by atoms with van der Waals surface area (Å²) in [4.78, 5) is 22.7. The Kier molecular flexibility index (Phi) is 2.07. The van der Waals surface area contributed by atoms with Crippen LogP contribution in [0.2, 0.25) is 0 Å². The minimum absolute atomic E-state index is 0.234. The number of carboxylic acid groups (broad SMARTS) is 2. The highest BCUT2D eigenvalue weighted by Gasteiger charge is 2.38. The van der Waals surface area contributed by atoms with Crippen LogP contribution in [-0.4, -0.2) is 28.3 Å². The van der Waals surface area contributed by atoms with Gasteiger partial charge in [0.1, 0.15) is 6.04 Å². The Balaban J connectivity index is 2.46. The minimum Gasteiger partial charge on any atom is -0.480 e. The highest BCUT2D eigenvalue weighted by molar-refractivity contribution is 5.97. The van der Waals surface area contributed by atoms with Crippen molar-refractivity contribution in [2.75, 3.05) is 4.90 Å². The van der Waals surface area contributed by atoms with E-state index in [9.17, 15) is 9.59 Å². The second-order valence-corrected chi connectivity index (χ2v) is 3.34. The van der Waals surface area contributed by atoms with E-state index >= 15 is 0 Å². The summed E-state index contributed by atoms with van der Waals surface area (Å²) in [5.41, 5.74) is 1.23. The van der Waals surface area contributed by atoms with Gasteiger partial charge in [-0.2, -0.15) is 0 Å². The van der Waals surface area contributed by atoms with Crippen molar-refractivity contribution in [3.05, 3.63) is 29.8 Å². The first-order valence-corrected chi connectivity index (χ1v) is 4.44. The van der Waals surface area contributed by atoms with Crippen molar-refractivity contribution in [2.24, 2.45) is 0 Å². The van der Waals surface area contributed by atoms with Crippen LogP contribution in [0.25, 0.3) is 0 Å². The molecule has 0 aliphatic carbocycles. The molecular formula is C10H9NO4. The summed E-state index contributed by atoms with van der Waals surface area (Å²) < 4.78 is 0. The number of carboxylic acids is 1. The second-order valence-electron chi connectivity index (χ2n) is 3.34. The molecule has 0 radical (unpaired) electrons. The molecule has 1 heterocycles. The van der Waals surface area contributed by atoms with E-state index in [1.807, 2.05) is 0 Å². The molecule has 1 amide bonds. The maximum absolute atomic E-state index is 10.9. The first-order chi connectivity index (χ1) is 7.11. The Morgan fingerprint density at radius 2 is 1.93 bits per heavy atom. The number of carbonyl (C=O) groups is 2. The molecular weight excluding hydrogens is 198 g/mol. The van der Waals surface area contributed by atoms with E-state index in [-0.39, 0.29) is 6.42 Å². The van der Waals surface area contributed by atoms with Crippen LogP contribution in [0.1, 0.15) is 5.56 Å². The third-order valence-corrected chi connectivity index (χ3v) is 2.47. The number of nitrogens with zero attached hydrogens (tertiary/aromatic N) is 1. The first-order valence-electron chi connectivity index (χ1n) is 4.44. The van der Waals surface area contributed by atoms with Crippen molar-refractivity contribution >= 4 is 17.7 Å². The molecule has 1 aromatic carbocycles. The van der Waals surface area contributed by atoms with Gasteiger partial charge in [0.05, 0.1) is 5.69 Å². The summed E-state index contributed by atoms with van der Waals surface area (Å²) >= 11 is 0. The van der Waals surface area contributed by atoms with Crippen LogP contribution in [0.5, 0.6) is 0 Å². The molecule has 15 heavy (non-hydrogen) atoms. The van der Waals surface area contributed by atoms with Gasteiger partial charge in [-0.05, 0) is 11.6 Å². The molecule has 1 aliphatic rings. The van der Waals surface area contributed by atoms with Crippen molar-refractivity contribution in [1.29, 1.82) is 0 Å². The van der Waals surface area contributed by atoms with Gasteiger partial charge >= 0.3 is 12.1 Å². The van der Waals surface area contributed by atoms with Crippen LogP contribution in [0.3, 0.4) is 0 Å². The van der Waals surface area contributed by atoms with Gasteiger partial charge in [-0.1, -0.05) is 18.2 Å². The summed E-state index contributed by atoms with van der Waals surface area (Å²) in [7, 11) is 0. The molecule has 0 saturated carbocycles. The maximum atomic E-state index is 10.9. The first kappa shape index (κ1) is 9.51. The van der Waals surface area contributed by atoms with Crippen molar-refractivity contribution in [3.8, 4) is 0 Å². The van der Waals surface area contributed by atoms with Gasteiger partial charge in [0.25, 0.3) is 0 Å². The Bertz CT molecular complexity index is 429. The van der Waals surface area contributed by atoms with E-state index in [1.165, 1.54) is 0 Å². The summed E-state index contributed by atoms with van der Waals surface area (Å²) in [6.45, 7) is 0. The third-order valence-electron chi connectivity index (χ3n) is 2.47. The van der Waals surface area contributed by atoms with Gasteiger partial charge in [-0.3, -0.25) is 4.90 Å². The maximum Gasteiger partial charge on any atom is 0.412 e. The molecule has 5 heteroatoms. The SMILES string of the molecule is O=C(O)[C@@H]1Cc2ccccc2N1C(=O)O. The number of aliphatic carboxylic acids is 1. The molecule has 5 nitrogen and oxygen atoms in total. The fourth-order valence-corrected chi connectivity index (χ4v) is 1.82. The van der Waals surface area contributed by atoms with Crippen molar-refractivity contribution in [2.45, 2.75) is 12.5 Å². The number of hydrogen-bond acceptors (Lipinski definition) is 2. The third kappa shape index (κ3) is 1.41. The standard InChI is InChI=1S/C10H9NO4/c12-9(13)8-5-6-3-1-2-4-7(6)11(8)10(14)15/h1-4,8H,5H2,(H,12,13)(H,14,15)/t8-/m0/s1. The number of para-hydroxylation sites is 1. The molecule has 1 aliphatic heterocycles. The zero-order valence-corrected chi connectivity index (χ0v) is 7.75. The predicted octanol–water partition coefficient (Wildman–Crippen LogP) is 1.18. The van der Waals surface area contributed by atoms with Crippen LogP contribution in [0.15, 0.2) is 24.3 Å². The predicted molar refractivity (Wildman–Crippen MR) is 52.1 cm³/mol. The Hall–Kier alpha value is -2.04. The van der Waals surface area contributed by atoms with Gasteiger partial charge in [0.15, 0.2) is 0 Å². The molecule has 2 N–H and O–H groups in total. The molecule has 0 spiro atoms. The number of hydrogen-bond donors (Lipinski definition) is 2. The van der Waals surface area contributed by atoms with Crippen LogP contribution < -0.4 is 4.90 Å². The van der Waals surface area contributed by atoms with Gasteiger partial charge in [-0.15, -0.1) is 0 Å². The minimum atomic E-state index is -1.23. The zero-order chi connectivity index (χ0) is 11.0. The number of fused-ring (bicyclic) bond motifs is 1. The molecule has 78 valence electrons. The van der Waals surface area contributed by atoms with Crippen molar-refractivity contribution < 1.29 is 19.8 Å². The van der Waals surface area contributed by atoms with E-state index in [2.05, 4.69) is 0 Å². The Morgan fingerprint density at radius 3 is 2.53 bits per heavy atom. The number of amides is 1. The molecule has 0 bridgehead atoms. The van der Waals surface area contributed by atoms with E-state index in [0.717, 1.165) is 10.5 Å². The number of anilines is 1. The van der Waals surface area contributed by atoms with Crippen LogP contribution >= 0.6 is 0 Å². The largest absolute Gasteiger partial charge is 0.480 e. The smallest absolute Gasteiger partial charge is 0.412 e. The monoisotopic (exact) mass is 207 g/mol. The molecule has 1 aromatic rings. The van der Waals surface area contributed by atoms with Gasteiger partial charge in [0, 0.05) is 6.42 Å². The lowest BCUT2D eigenvalue weighted by atomic mass is 10.1. The highest BCUT2D eigenvalue weighted by atomic mass is 16.4. The fraction of sp³-hybridized carbons (Fsp3) is 0.200. The van der Waals surface area contributed by atoms with E-state index in [4.69, 9.17) is 10.2 Å². The second kappa shape index (κ2) is 3.27. The normalized spacial score (nSPS) is 18.7. The van der Waals surface area contributed by atoms with E-state index < -0.39 is 18.1 Å². The lowest BCUT2D eigenvalue weighted by molar-refractivity contribution is -0.138. The average Bonchev–Trinajstić information content (AvgIpc) is 2.56. The molecule has 0 aromatic heterocycles. The highest BCUT2D eigenvalue weighted by Crippen LogP contribution is 2.31. The fourth-order valence-electron chi connectivity index (χ4n) is 1.82. The molecule has 2 rings (SSSR count). The van der Waals surface area contributed by atoms with Gasteiger partial charge in [-0.25, -0.2) is 9.59 Å². The molecule has 0 fully saturated rings. The molecule has 0 unspecified atom stereocenters. The molecule has 0 saturated heterocycles. The lowest BCUT2D eigenvalue weighted by Crippen LogP contribution is -2.41. The molecule has 1 atom stereocenters. The summed E-state index contributed by atoms with van der Waals surface area (Å²) in [6, 6.07) is 5.82. The number of rotatable bonds is 1.